The Kier molecular flexibility index (Phi) is 6.50. The SMILES string of the molecule is O=C(O)CCC1NC(=O)C2CCCN2C(=O)C(CO)NC(=O)CNC1=O. The van der Waals surface area contributed by atoms with Crippen molar-refractivity contribution in [3.05, 3.63) is 0 Å². The Morgan fingerprint density at radius 3 is 2.50 bits per heavy atom. The smallest absolute Gasteiger partial charge is 0.303 e. The molecule has 3 unspecified atom stereocenters. The van der Waals surface area contributed by atoms with Crippen molar-refractivity contribution in [3.63, 3.8) is 0 Å². The molecule has 0 aromatic carbocycles. The Labute approximate surface area is 149 Å². The van der Waals surface area contributed by atoms with Crippen molar-refractivity contribution in [1.29, 1.82) is 0 Å². The summed E-state index contributed by atoms with van der Waals surface area (Å²) in [4.78, 5) is 61.2. The number of nitrogens with zero attached hydrogens (tertiary/aromatic N) is 1. The summed E-state index contributed by atoms with van der Waals surface area (Å²) in [6.07, 6.45) is 0.442. The molecule has 0 aromatic rings. The van der Waals surface area contributed by atoms with Crippen LogP contribution >= 0.6 is 0 Å². The monoisotopic (exact) mass is 370 g/mol. The summed E-state index contributed by atoms with van der Waals surface area (Å²) < 4.78 is 0. The lowest BCUT2D eigenvalue weighted by Crippen LogP contribution is -2.59. The first-order valence-electron chi connectivity index (χ1n) is 8.34. The number of hydrogen-bond acceptors (Lipinski definition) is 6. The average Bonchev–Trinajstić information content (AvgIpc) is 3.09. The molecule has 2 aliphatic rings. The van der Waals surface area contributed by atoms with Gasteiger partial charge in [-0.1, -0.05) is 0 Å². The molecule has 0 aliphatic carbocycles. The van der Waals surface area contributed by atoms with E-state index >= 15 is 0 Å². The highest BCUT2D eigenvalue weighted by Crippen LogP contribution is 2.19. The first-order valence-corrected chi connectivity index (χ1v) is 8.34. The number of carboxylic acids is 1. The summed E-state index contributed by atoms with van der Waals surface area (Å²) >= 11 is 0. The highest BCUT2D eigenvalue weighted by atomic mass is 16.4. The zero-order valence-electron chi connectivity index (χ0n) is 14.1. The molecule has 2 aliphatic heterocycles. The lowest BCUT2D eigenvalue weighted by atomic mass is 10.1. The van der Waals surface area contributed by atoms with Crippen LogP contribution in [-0.4, -0.2) is 82.5 Å². The molecule has 0 aromatic heterocycles. The van der Waals surface area contributed by atoms with Crippen LogP contribution in [0.1, 0.15) is 25.7 Å². The third kappa shape index (κ3) is 4.69. The van der Waals surface area contributed by atoms with Crippen LogP contribution in [-0.2, 0) is 24.0 Å². The first kappa shape index (κ1) is 19.6. The van der Waals surface area contributed by atoms with E-state index in [0.717, 1.165) is 0 Å². The number of carbonyl (C=O) groups excluding carboxylic acids is 4. The third-order valence-electron chi connectivity index (χ3n) is 4.36. The number of amides is 4. The van der Waals surface area contributed by atoms with Crippen LogP contribution in [0.15, 0.2) is 0 Å². The largest absolute Gasteiger partial charge is 0.481 e. The molecule has 2 heterocycles. The van der Waals surface area contributed by atoms with Crippen LogP contribution in [0, 0.1) is 0 Å². The number of nitrogens with one attached hydrogen (secondary N) is 3. The Morgan fingerprint density at radius 2 is 1.85 bits per heavy atom. The van der Waals surface area contributed by atoms with Crippen molar-refractivity contribution in [2.24, 2.45) is 0 Å². The van der Waals surface area contributed by atoms with Gasteiger partial charge in [0.05, 0.1) is 13.2 Å². The maximum Gasteiger partial charge on any atom is 0.303 e. The predicted molar refractivity (Wildman–Crippen MR) is 85.6 cm³/mol. The van der Waals surface area contributed by atoms with Gasteiger partial charge in [0, 0.05) is 13.0 Å². The molecule has 0 radical (unpaired) electrons. The van der Waals surface area contributed by atoms with Crippen molar-refractivity contribution in [2.75, 3.05) is 19.7 Å². The summed E-state index contributed by atoms with van der Waals surface area (Å²) in [5.41, 5.74) is 0. The number of aliphatic carboxylic acids is 1. The van der Waals surface area contributed by atoms with E-state index in [1.165, 1.54) is 4.90 Å². The van der Waals surface area contributed by atoms with Crippen molar-refractivity contribution in [2.45, 2.75) is 43.8 Å². The zero-order valence-corrected chi connectivity index (χ0v) is 14.1. The van der Waals surface area contributed by atoms with E-state index in [9.17, 15) is 29.1 Å². The van der Waals surface area contributed by atoms with Gasteiger partial charge in [-0.05, 0) is 19.3 Å². The molecule has 3 atom stereocenters. The number of carboxylic acid groups (broad SMARTS) is 1. The van der Waals surface area contributed by atoms with Crippen LogP contribution in [0.2, 0.25) is 0 Å². The molecule has 11 nitrogen and oxygen atoms in total. The Bertz CT molecular complexity index is 609. The summed E-state index contributed by atoms with van der Waals surface area (Å²) in [6.45, 7) is -0.814. The van der Waals surface area contributed by atoms with Crippen molar-refractivity contribution in [1.82, 2.24) is 20.9 Å². The van der Waals surface area contributed by atoms with E-state index in [-0.39, 0.29) is 19.4 Å². The lowest BCUT2D eigenvalue weighted by Gasteiger charge is -2.30. The average molecular weight is 370 g/mol. The second-order valence-corrected chi connectivity index (χ2v) is 6.20. The minimum atomic E-state index is -1.20. The number of aliphatic hydroxyl groups is 1. The van der Waals surface area contributed by atoms with E-state index in [1.807, 2.05) is 0 Å². The van der Waals surface area contributed by atoms with Crippen LogP contribution in [0.5, 0.6) is 0 Å². The fourth-order valence-electron chi connectivity index (χ4n) is 3.03. The van der Waals surface area contributed by atoms with Gasteiger partial charge in [-0.3, -0.25) is 24.0 Å². The number of aliphatic hydroxyl groups excluding tert-OH is 1. The van der Waals surface area contributed by atoms with Gasteiger partial charge in [-0.2, -0.15) is 0 Å². The number of hydrogen-bond donors (Lipinski definition) is 5. The molecule has 0 bridgehead atoms. The Morgan fingerprint density at radius 1 is 1.12 bits per heavy atom. The van der Waals surface area contributed by atoms with Crippen LogP contribution < -0.4 is 16.0 Å². The highest BCUT2D eigenvalue weighted by Gasteiger charge is 2.39. The predicted octanol–water partition coefficient (Wildman–Crippen LogP) is -3.07. The second kappa shape index (κ2) is 8.61. The topological polar surface area (TPSA) is 165 Å². The Hall–Kier alpha value is -2.69. The van der Waals surface area contributed by atoms with E-state index in [1.54, 1.807) is 0 Å². The molecule has 2 saturated heterocycles. The van der Waals surface area contributed by atoms with Gasteiger partial charge in [0.15, 0.2) is 0 Å². The van der Waals surface area contributed by atoms with Gasteiger partial charge in [-0.25, -0.2) is 0 Å². The van der Waals surface area contributed by atoms with E-state index in [4.69, 9.17) is 5.11 Å². The van der Waals surface area contributed by atoms with Gasteiger partial charge in [0.2, 0.25) is 23.6 Å². The fourth-order valence-corrected chi connectivity index (χ4v) is 3.03. The minimum Gasteiger partial charge on any atom is -0.481 e. The molecular weight excluding hydrogens is 348 g/mol. The van der Waals surface area contributed by atoms with Gasteiger partial charge < -0.3 is 31.1 Å². The molecule has 0 spiro atoms. The fraction of sp³-hybridized carbons (Fsp3) is 0.667. The van der Waals surface area contributed by atoms with Crippen molar-refractivity contribution >= 4 is 29.6 Å². The molecule has 2 rings (SSSR count). The standard InChI is InChI=1S/C15H22N4O7/c20-7-9-15(26)19-5-1-2-10(19)14(25)18-8(3-4-12(22)23)13(24)16-6-11(21)17-9/h8-10,20H,1-7H2,(H,16,24)(H,17,21)(H,18,25)(H,22,23). The summed E-state index contributed by atoms with van der Waals surface area (Å²) in [5.74, 6) is -3.63. The Balaban J connectivity index is 2.24. The van der Waals surface area contributed by atoms with Crippen LogP contribution in [0.4, 0.5) is 0 Å². The molecule has 0 saturated carbocycles. The molecule has 4 amide bonds. The minimum absolute atomic E-state index is 0.144. The maximum absolute atomic E-state index is 12.5. The number of carbonyl (C=O) groups is 5. The van der Waals surface area contributed by atoms with Gasteiger partial charge in [0.25, 0.3) is 0 Å². The molecule has 5 N–H and O–H groups in total. The number of rotatable bonds is 4. The van der Waals surface area contributed by atoms with Gasteiger partial charge >= 0.3 is 5.97 Å². The van der Waals surface area contributed by atoms with Crippen LogP contribution in [0.3, 0.4) is 0 Å². The first-order chi connectivity index (χ1) is 12.3. The molecule has 11 heteroatoms. The molecule has 26 heavy (non-hydrogen) atoms. The highest BCUT2D eigenvalue weighted by molar-refractivity contribution is 5.97. The van der Waals surface area contributed by atoms with E-state index in [0.29, 0.717) is 12.8 Å². The van der Waals surface area contributed by atoms with Crippen LogP contribution in [0.25, 0.3) is 0 Å². The molecule has 144 valence electrons. The summed E-state index contributed by atoms with van der Waals surface area (Å²) in [5, 5.41) is 25.3. The molecular formula is C15H22N4O7. The third-order valence-corrected chi connectivity index (χ3v) is 4.36. The normalized spacial score (nSPS) is 27.6. The van der Waals surface area contributed by atoms with E-state index < -0.39 is 60.9 Å². The zero-order chi connectivity index (χ0) is 19.3. The summed E-state index contributed by atoms with van der Waals surface area (Å²) in [7, 11) is 0. The maximum atomic E-state index is 12.5. The van der Waals surface area contributed by atoms with Gasteiger partial charge in [-0.15, -0.1) is 0 Å². The van der Waals surface area contributed by atoms with Crippen molar-refractivity contribution < 1.29 is 34.2 Å². The molecule has 2 fully saturated rings. The second-order valence-electron chi connectivity index (χ2n) is 6.20. The number of fused-ring (bicyclic) bond motifs is 1. The lowest BCUT2D eigenvalue weighted by molar-refractivity contribution is -0.143. The quantitative estimate of drug-likeness (QED) is 0.350. The summed E-state index contributed by atoms with van der Waals surface area (Å²) in [6, 6.07) is -3.17. The van der Waals surface area contributed by atoms with E-state index in [2.05, 4.69) is 16.0 Å². The van der Waals surface area contributed by atoms with Gasteiger partial charge in [0.1, 0.15) is 18.1 Å². The van der Waals surface area contributed by atoms with Crippen molar-refractivity contribution in [3.8, 4) is 0 Å².